The minimum atomic E-state index is -0.0541. The quantitative estimate of drug-likeness (QED) is 0.336. The molecule has 1 aliphatic rings. The first-order valence-corrected chi connectivity index (χ1v) is 11.9. The summed E-state index contributed by atoms with van der Waals surface area (Å²) in [5.74, 6) is 1.52. The highest BCUT2D eigenvalue weighted by Gasteiger charge is 2.22. The van der Waals surface area contributed by atoms with Gasteiger partial charge in [0.25, 0.3) is 0 Å². The maximum absolute atomic E-state index is 6.51. The number of methoxy groups -OCH3 is 1. The zero-order valence-corrected chi connectivity index (χ0v) is 20.5. The number of piperidine rings is 1. The summed E-state index contributed by atoms with van der Waals surface area (Å²) in [6.07, 6.45) is 3.40. The topological polar surface area (TPSA) is 21.7 Å². The lowest BCUT2D eigenvalue weighted by molar-refractivity contribution is 0.0311. The van der Waals surface area contributed by atoms with Crippen LogP contribution in [0.15, 0.2) is 78.9 Å². The molecule has 33 heavy (non-hydrogen) atoms. The Morgan fingerprint density at radius 1 is 0.939 bits per heavy atom. The van der Waals surface area contributed by atoms with E-state index < -0.39 is 0 Å². The highest BCUT2D eigenvalue weighted by molar-refractivity contribution is 6.30. The van der Waals surface area contributed by atoms with Gasteiger partial charge in [0.05, 0.1) is 13.7 Å². The third kappa shape index (κ3) is 7.33. The van der Waals surface area contributed by atoms with Gasteiger partial charge < -0.3 is 14.4 Å². The molecule has 3 nitrogen and oxygen atoms in total. The van der Waals surface area contributed by atoms with Crippen molar-refractivity contribution in [2.24, 2.45) is 5.92 Å². The molecule has 1 aliphatic heterocycles. The Balaban J connectivity index is 0.00000158. The summed E-state index contributed by atoms with van der Waals surface area (Å²) < 4.78 is 17.5. The van der Waals surface area contributed by atoms with Crippen LogP contribution in [0.4, 0.5) is 0 Å². The van der Waals surface area contributed by atoms with Crippen LogP contribution in [-0.2, 0) is 11.2 Å². The summed E-state index contributed by atoms with van der Waals surface area (Å²) in [5, 5.41) is 0.752. The van der Waals surface area contributed by atoms with Gasteiger partial charge in [-0.15, -0.1) is 0 Å². The fourth-order valence-electron chi connectivity index (χ4n) is 4.34. The van der Waals surface area contributed by atoms with E-state index in [0.717, 1.165) is 49.0 Å². The van der Waals surface area contributed by atoms with Crippen LogP contribution in [-0.4, -0.2) is 38.3 Å². The summed E-state index contributed by atoms with van der Waals surface area (Å²) in [5.41, 5.74) is 3.70. The van der Waals surface area contributed by atoms with E-state index in [9.17, 15) is 0 Å². The van der Waals surface area contributed by atoms with Crippen LogP contribution in [0.25, 0.3) is 0 Å². The fourth-order valence-corrected chi connectivity index (χ4v) is 4.46. The average molecular weight is 468 g/mol. The van der Waals surface area contributed by atoms with Gasteiger partial charge in [-0.05, 0) is 79.2 Å². The Bertz CT molecular complexity index is 942. The SMILES string of the molecule is COc1ccc(CCN2CCC(COC(c3ccccc3)c3ccc(Cl)cc3)CC2)cc1.[3H]C. The van der Waals surface area contributed by atoms with Crippen molar-refractivity contribution >= 4 is 11.6 Å². The lowest BCUT2D eigenvalue weighted by atomic mass is 9.96. The number of hydrogen-bond donors (Lipinski definition) is 0. The van der Waals surface area contributed by atoms with Crippen molar-refractivity contribution in [2.75, 3.05) is 33.4 Å². The minimum Gasteiger partial charge on any atom is -0.497 e. The summed E-state index contributed by atoms with van der Waals surface area (Å²) in [4.78, 5) is 2.58. The molecule has 0 N–H and O–H groups in total. The first-order valence-electron chi connectivity index (χ1n) is 12.5. The summed E-state index contributed by atoms with van der Waals surface area (Å²) in [7, 11) is 2.96. The van der Waals surface area contributed by atoms with Crippen molar-refractivity contribution in [3.05, 3.63) is 101 Å². The second kappa shape index (κ2) is 12.8. The summed E-state index contributed by atoms with van der Waals surface area (Å²) in [6, 6.07) is 26.9. The number of likely N-dealkylation sites (tertiary alicyclic amines) is 1. The molecule has 1 heterocycles. The van der Waals surface area contributed by atoms with Crippen molar-refractivity contribution in [3.63, 3.8) is 0 Å². The maximum atomic E-state index is 6.51. The Labute approximate surface area is 205 Å². The molecule has 0 saturated carbocycles. The lowest BCUT2D eigenvalue weighted by Gasteiger charge is -2.32. The Hall–Kier alpha value is -2.33. The number of benzene rings is 3. The molecule has 3 aromatic carbocycles. The molecule has 0 bridgehead atoms. The Morgan fingerprint density at radius 3 is 2.21 bits per heavy atom. The van der Waals surface area contributed by atoms with E-state index in [-0.39, 0.29) is 6.10 Å². The van der Waals surface area contributed by atoms with Crippen LogP contribution in [0, 0.1) is 5.92 Å². The number of rotatable bonds is 9. The molecular formula is C29H36ClNO2. The molecule has 1 saturated heterocycles. The molecule has 1 unspecified atom stereocenters. The molecule has 3 aromatic rings. The van der Waals surface area contributed by atoms with E-state index in [1.807, 2.05) is 30.3 Å². The molecule has 176 valence electrons. The van der Waals surface area contributed by atoms with Crippen molar-refractivity contribution < 1.29 is 10.8 Å². The highest BCUT2D eigenvalue weighted by atomic mass is 35.5. The number of hydrogen-bond acceptors (Lipinski definition) is 3. The predicted octanol–water partition coefficient (Wildman–Crippen LogP) is 7.05. The first-order chi connectivity index (χ1) is 16.7. The van der Waals surface area contributed by atoms with Gasteiger partial charge in [-0.1, -0.05) is 73.6 Å². The number of ether oxygens (including phenoxy) is 2. The van der Waals surface area contributed by atoms with Crippen LogP contribution in [0.3, 0.4) is 0 Å². The molecule has 4 rings (SSSR count). The minimum absolute atomic E-state index is 0.0541. The maximum Gasteiger partial charge on any atom is 0.118 e. The Morgan fingerprint density at radius 2 is 1.58 bits per heavy atom. The molecular weight excluding hydrogens is 430 g/mol. The third-order valence-electron chi connectivity index (χ3n) is 6.36. The largest absolute Gasteiger partial charge is 0.497 e. The summed E-state index contributed by atoms with van der Waals surface area (Å²) in [6.45, 7) is 4.17. The fraction of sp³-hybridized carbons (Fsp3) is 0.379. The number of halogens is 1. The highest BCUT2D eigenvalue weighted by Crippen LogP contribution is 2.29. The lowest BCUT2D eigenvalue weighted by Crippen LogP contribution is -2.36. The molecule has 1 atom stereocenters. The molecule has 0 amide bonds. The van der Waals surface area contributed by atoms with Gasteiger partial charge in [0.1, 0.15) is 11.9 Å². The van der Waals surface area contributed by atoms with Gasteiger partial charge in [0, 0.05) is 12.9 Å². The van der Waals surface area contributed by atoms with E-state index in [2.05, 4.69) is 53.4 Å². The molecule has 0 aliphatic carbocycles. The van der Waals surface area contributed by atoms with E-state index in [1.54, 1.807) is 7.11 Å². The normalized spacial score (nSPS) is 15.8. The van der Waals surface area contributed by atoms with Crippen molar-refractivity contribution in [1.29, 1.82) is 0 Å². The van der Waals surface area contributed by atoms with Gasteiger partial charge in [-0.3, -0.25) is 0 Å². The van der Waals surface area contributed by atoms with Crippen LogP contribution in [0.2, 0.25) is 5.02 Å². The standard InChI is InChI=1S/C28H32ClNO2.CH4/c1-31-27-13-7-22(8-14-27)15-18-30-19-16-23(17-20-30)21-32-28(24-5-3-2-4-6-24)25-9-11-26(29)12-10-25;/h2-14,23,28H,15-21H2,1H3;1H4/i;1T. The van der Waals surface area contributed by atoms with Crippen molar-refractivity contribution in [1.82, 2.24) is 4.90 Å². The van der Waals surface area contributed by atoms with Crippen LogP contribution < -0.4 is 4.74 Å². The van der Waals surface area contributed by atoms with E-state index >= 15 is 0 Å². The van der Waals surface area contributed by atoms with Gasteiger partial charge >= 0.3 is 0 Å². The zero-order valence-electron chi connectivity index (χ0n) is 20.8. The van der Waals surface area contributed by atoms with Crippen LogP contribution in [0.1, 0.15) is 44.4 Å². The second-order valence-electron chi connectivity index (χ2n) is 8.56. The zero-order chi connectivity index (χ0) is 24.2. The van der Waals surface area contributed by atoms with E-state index in [0.29, 0.717) is 5.92 Å². The van der Waals surface area contributed by atoms with Crippen molar-refractivity contribution in [3.8, 4) is 5.75 Å². The molecule has 0 spiro atoms. The van der Waals surface area contributed by atoms with Gasteiger partial charge in [-0.2, -0.15) is 0 Å². The second-order valence-corrected chi connectivity index (χ2v) is 9.00. The van der Waals surface area contributed by atoms with E-state index in [4.69, 9.17) is 22.4 Å². The van der Waals surface area contributed by atoms with Gasteiger partial charge in [0.2, 0.25) is 0 Å². The summed E-state index contributed by atoms with van der Waals surface area (Å²) >= 11 is 6.10. The smallest absolute Gasteiger partial charge is 0.118 e. The van der Waals surface area contributed by atoms with Gasteiger partial charge in [-0.25, -0.2) is 0 Å². The first kappa shape index (κ1) is 23.8. The van der Waals surface area contributed by atoms with Crippen LogP contribution in [0.5, 0.6) is 5.75 Å². The van der Waals surface area contributed by atoms with E-state index in [1.165, 1.54) is 31.4 Å². The third-order valence-corrected chi connectivity index (χ3v) is 6.61. The van der Waals surface area contributed by atoms with Crippen molar-refractivity contribution in [2.45, 2.75) is 32.8 Å². The Kier molecular flexibility index (Phi) is 9.23. The molecule has 4 heteroatoms. The predicted molar refractivity (Wildman–Crippen MR) is 138 cm³/mol. The monoisotopic (exact) mass is 467 g/mol. The average Bonchev–Trinajstić information content (AvgIpc) is 2.91. The van der Waals surface area contributed by atoms with Crippen LogP contribution >= 0.6 is 11.6 Å². The molecule has 1 fully saturated rings. The number of nitrogens with zero attached hydrogens (tertiary/aromatic N) is 1. The molecule has 0 aromatic heterocycles. The van der Waals surface area contributed by atoms with Gasteiger partial charge in [0.15, 0.2) is 0 Å². The molecule has 0 radical (unpaired) electrons.